The fourth-order valence-corrected chi connectivity index (χ4v) is 5.91. The minimum atomic E-state index is 0.446. The summed E-state index contributed by atoms with van der Waals surface area (Å²) in [6.07, 6.45) is 9.21. The molecule has 0 atom stereocenters. The Morgan fingerprint density at radius 1 is 1.05 bits per heavy atom. The van der Waals surface area contributed by atoms with Gasteiger partial charge in [0.05, 0.1) is 24.2 Å². The lowest BCUT2D eigenvalue weighted by molar-refractivity contribution is 0.342. The van der Waals surface area contributed by atoms with Gasteiger partial charge in [0.25, 0.3) is 0 Å². The van der Waals surface area contributed by atoms with E-state index in [1.54, 1.807) is 6.20 Å². The fourth-order valence-electron chi connectivity index (χ4n) is 4.44. The second-order valence-electron chi connectivity index (χ2n) is 9.74. The first-order chi connectivity index (χ1) is 18.5. The molecule has 1 aliphatic carbocycles. The van der Waals surface area contributed by atoms with E-state index in [0.29, 0.717) is 28.6 Å². The van der Waals surface area contributed by atoms with Crippen LogP contribution < -0.4 is 20.7 Å². The maximum absolute atomic E-state index is 6.52. The van der Waals surface area contributed by atoms with Crippen molar-refractivity contribution < 1.29 is 4.74 Å². The van der Waals surface area contributed by atoms with Crippen molar-refractivity contribution in [2.24, 2.45) is 0 Å². The van der Waals surface area contributed by atoms with E-state index in [1.165, 1.54) is 37.0 Å². The molecule has 9 heteroatoms. The highest BCUT2D eigenvalue weighted by atomic mass is 35.5. The average molecular weight is 555 g/mol. The van der Waals surface area contributed by atoms with Crippen LogP contribution in [-0.4, -0.2) is 53.9 Å². The van der Waals surface area contributed by atoms with Crippen molar-refractivity contribution in [2.75, 3.05) is 49.7 Å². The Kier molecular flexibility index (Phi) is 10.8. The number of anilines is 5. The molecule has 0 spiro atoms. The van der Waals surface area contributed by atoms with Crippen LogP contribution in [-0.2, 0) is 0 Å². The number of para-hydroxylation sites is 1. The normalized spacial score (nSPS) is 13.9. The van der Waals surface area contributed by atoms with E-state index < -0.39 is 0 Å². The maximum atomic E-state index is 6.52. The maximum Gasteiger partial charge on any atom is 0.229 e. The van der Waals surface area contributed by atoms with Crippen LogP contribution in [0.5, 0.6) is 5.75 Å². The van der Waals surface area contributed by atoms with Crippen LogP contribution in [0.4, 0.5) is 28.8 Å². The van der Waals surface area contributed by atoms with Crippen LogP contribution in [0.15, 0.2) is 53.6 Å². The molecule has 0 bridgehead atoms. The summed E-state index contributed by atoms with van der Waals surface area (Å²) in [5.41, 5.74) is 2.82. The van der Waals surface area contributed by atoms with Gasteiger partial charge >= 0.3 is 0 Å². The molecule has 1 heterocycles. The van der Waals surface area contributed by atoms with Crippen LogP contribution in [0.1, 0.15) is 45.4 Å². The third kappa shape index (κ3) is 8.41. The van der Waals surface area contributed by atoms with Gasteiger partial charge in [0.2, 0.25) is 5.95 Å². The van der Waals surface area contributed by atoms with E-state index >= 15 is 0 Å². The molecule has 3 N–H and O–H groups in total. The number of hydrogen-bond acceptors (Lipinski definition) is 8. The summed E-state index contributed by atoms with van der Waals surface area (Å²) in [6.45, 7) is 4.47. The summed E-state index contributed by atoms with van der Waals surface area (Å²) < 4.78 is 5.92. The molecule has 0 radical (unpaired) electrons. The number of thioether (sulfide) groups is 1. The van der Waals surface area contributed by atoms with E-state index in [2.05, 4.69) is 58.1 Å². The first kappa shape index (κ1) is 28.3. The third-order valence-corrected chi connectivity index (χ3v) is 8.06. The molecular weight excluding hydrogens is 516 g/mol. The Balaban J connectivity index is 1.47. The van der Waals surface area contributed by atoms with Gasteiger partial charge in [0, 0.05) is 28.4 Å². The Labute approximate surface area is 236 Å². The van der Waals surface area contributed by atoms with Gasteiger partial charge in [0.1, 0.15) is 10.8 Å². The molecule has 0 aliphatic heterocycles. The molecular formula is C29H39ClN6OS. The Morgan fingerprint density at radius 3 is 2.66 bits per heavy atom. The van der Waals surface area contributed by atoms with Crippen LogP contribution in [0.2, 0.25) is 5.02 Å². The third-order valence-electron chi connectivity index (χ3n) is 6.37. The van der Waals surface area contributed by atoms with Crippen LogP contribution in [0.25, 0.3) is 0 Å². The van der Waals surface area contributed by atoms with Crippen LogP contribution in [0, 0.1) is 0 Å². The molecule has 1 aromatic heterocycles. The van der Waals surface area contributed by atoms with E-state index in [-0.39, 0.29) is 0 Å². The first-order valence-corrected chi connectivity index (χ1v) is 14.8. The molecule has 0 unspecified atom stereocenters. The highest BCUT2D eigenvalue weighted by Crippen LogP contribution is 2.39. The van der Waals surface area contributed by atoms with Gasteiger partial charge in [-0.25, -0.2) is 4.98 Å². The van der Waals surface area contributed by atoms with Crippen molar-refractivity contribution in [1.29, 1.82) is 0 Å². The van der Waals surface area contributed by atoms with E-state index in [4.69, 9.17) is 21.3 Å². The number of aromatic nitrogens is 2. The van der Waals surface area contributed by atoms with Crippen molar-refractivity contribution >= 4 is 52.2 Å². The minimum absolute atomic E-state index is 0.446. The number of nitrogens with zero attached hydrogens (tertiary/aromatic N) is 3. The summed E-state index contributed by atoms with van der Waals surface area (Å²) in [5.74, 6) is 1.76. The largest absolute Gasteiger partial charge is 0.492 e. The predicted octanol–water partition coefficient (Wildman–Crippen LogP) is 7.80. The number of rotatable bonds is 13. The smallest absolute Gasteiger partial charge is 0.229 e. The van der Waals surface area contributed by atoms with Crippen molar-refractivity contribution in [2.45, 2.75) is 55.6 Å². The summed E-state index contributed by atoms with van der Waals surface area (Å²) in [4.78, 5) is 12.5. The predicted molar refractivity (Wildman–Crippen MR) is 162 cm³/mol. The molecule has 2 aromatic carbocycles. The van der Waals surface area contributed by atoms with Gasteiger partial charge in [-0.2, -0.15) is 4.98 Å². The lowest BCUT2D eigenvalue weighted by Gasteiger charge is -2.22. The van der Waals surface area contributed by atoms with Gasteiger partial charge in [-0.3, -0.25) is 0 Å². The Bertz CT molecular complexity index is 1170. The zero-order valence-electron chi connectivity index (χ0n) is 22.6. The topological polar surface area (TPSA) is 74.3 Å². The molecule has 38 heavy (non-hydrogen) atoms. The monoisotopic (exact) mass is 554 g/mol. The number of halogens is 1. The lowest BCUT2D eigenvalue weighted by Crippen LogP contribution is -2.16. The molecule has 1 fully saturated rings. The zero-order valence-corrected chi connectivity index (χ0v) is 24.2. The Hall–Kier alpha value is -2.68. The summed E-state index contributed by atoms with van der Waals surface area (Å²) in [7, 11) is 4.17. The molecule has 0 saturated heterocycles. The van der Waals surface area contributed by atoms with Crippen molar-refractivity contribution in [3.8, 4) is 5.75 Å². The summed E-state index contributed by atoms with van der Waals surface area (Å²) in [6, 6.07) is 14.4. The van der Waals surface area contributed by atoms with Crippen molar-refractivity contribution in [1.82, 2.24) is 14.9 Å². The highest BCUT2D eigenvalue weighted by Gasteiger charge is 2.17. The second kappa shape index (κ2) is 14.5. The standard InChI is InChI=1S/C29H39ClN6OS/c1-4-37-26-19-21(31-17-10-18-36(2)3)15-16-24(26)34-29-32-20-23(30)28(35-29)33-25-13-8-9-14-27(25)38-22-11-6-5-7-12-22/h8-9,13-16,19-20,22,31H,4-7,10-12,17-18H2,1-3H3,(H2,32,33,34,35). The SMILES string of the molecule is CCOc1cc(NCCCN(C)C)ccc1Nc1ncc(Cl)c(Nc2ccccc2SC2CCCCC2)n1. The quantitative estimate of drug-likeness (QED) is 0.185. The average Bonchev–Trinajstić information content (AvgIpc) is 2.91. The van der Waals surface area contributed by atoms with Crippen molar-refractivity contribution in [3.63, 3.8) is 0 Å². The summed E-state index contributed by atoms with van der Waals surface area (Å²) in [5, 5.41) is 11.4. The lowest BCUT2D eigenvalue weighted by atomic mass is 10.0. The van der Waals surface area contributed by atoms with E-state index in [9.17, 15) is 0 Å². The van der Waals surface area contributed by atoms with Crippen LogP contribution >= 0.6 is 23.4 Å². The molecule has 7 nitrogen and oxygen atoms in total. The molecule has 0 amide bonds. The molecule has 204 valence electrons. The van der Waals surface area contributed by atoms with Gasteiger partial charge < -0.3 is 25.6 Å². The Morgan fingerprint density at radius 2 is 1.87 bits per heavy atom. The number of ether oxygens (including phenoxy) is 1. The molecule has 1 aliphatic rings. The first-order valence-electron chi connectivity index (χ1n) is 13.5. The van der Waals surface area contributed by atoms with Crippen LogP contribution in [0.3, 0.4) is 0 Å². The number of nitrogens with one attached hydrogen (secondary N) is 3. The van der Waals surface area contributed by atoms with E-state index in [1.807, 2.05) is 43.0 Å². The molecule has 4 rings (SSSR count). The fraction of sp³-hybridized carbons (Fsp3) is 0.448. The van der Waals surface area contributed by atoms with E-state index in [0.717, 1.165) is 42.3 Å². The minimum Gasteiger partial charge on any atom is -0.492 e. The van der Waals surface area contributed by atoms with Gasteiger partial charge in [-0.05, 0) is 71.1 Å². The summed E-state index contributed by atoms with van der Waals surface area (Å²) >= 11 is 8.47. The van der Waals surface area contributed by atoms with Gasteiger partial charge in [-0.1, -0.05) is 43.0 Å². The molecule has 3 aromatic rings. The van der Waals surface area contributed by atoms with Gasteiger partial charge in [0.15, 0.2) is 5.82 Å². The molecule has 1 saturated carbocycles. The zero-order chi connectivity index (χ0) is 26.7. The highest BCUT2D eigenvalue weighted by molar-refractivity contribution is 8.00. The second-order valence-corrected chi connectivity index (χ2v) is 11.5. The number of benzene rings is 2. The van der Waals surface area contributed by atoms with Gasteiger partial charge in [-0.15, -0.1) is 11.8 Å². The number of hydrogen-bond donors (Lipinski definition) is 3. The van der Waals surface area contributed by atoms with Crippen molar-refractivity contribution in [3.05, 3.63) is 53.7 Å².